The third-order valence-corrected chi connectivity index (χ3v) is 0. The van der Waals surface area contributed by atoms with E-state index >= 15 is 0 Å². The van der Waals surface area contributed by atoms with Crippen molar-refractivity contribution in [2.45, 2.75) is 0 Å². The van der Waals surface area contributed by atoms with Crippen molar-refractivity contribution in [2.75, 3.05) is 0 Å². The Hall–Kier alpha value is 1.69. The second kappa shape index (κ2) is 9.25. The Kier molecular flexibility index (Phi) is 18.1. The van der Waals surface area contributed by atoms with Crippen LogP contribution in [0.15, 0.2) is 0 Å². The molecule has 0 unspecified atom stereocenters. The minimum Gasteiger partial charge on any atom is -0.822 e. The van der Waals surface area contributed by atoms with Crippen LogP contribution in [0.25, 0.3) is 0 Å². The molecule has 0 atom stereocenters. The van der Waals surface area contributed by atoms with Crippen molar-refractivity contribution in [2.24, 2.45) is 0 Å². The van der Waals surface area contributed by atoms with E-state index in [1.54, 1.807) is 0 Å². The smallest absolute Gasteiger partial charge is 0.822 e. The second-order valence-electron chi connectivity index (χ2n) is 0.894. The molecule has 8 nitrogen and oxygen atoms in total. The third-order valence-electron chi connectivity index (χ3n) is 0. The third kappa shape index (κ3) is 469. The molecule has 0 rings (SSSR count). The van der Waals surface area contributed by atoms with Crippen molar-refractivity contribution in [3.8, 4) is 0 Å². The van der Waals surface area contributed by atoms with Gasteiger partial charge in [-0.25, -0.2) is 0 Å². The van der Waals surface area contributed by atoms with Crippen molar-refractivity contribution < 1.29 is 83.2 Å². The number of rotatable bonds is 0. The topological polar surface area (TPSA) is 172 Å². The van der Waals surface area contributed by atoms with Crippen LogP contribution in [0.3, 0.4) is 0 Å². The summed E-state index contributed by atoms with van der Waals surface area (Å²) >= 11 is 0. The van der Waals surface area contributed by atoms with Crippen molar-refractivity contribution in [3.05, 3.63) is 0 Å². The Bertz CT molecular complexity index is 129. The second-order valence-corrected chi connectivity index (χ2v) is 2.68. The Labute approximate surface area is 98.5 Å². The molecule has 0 aliphatic heterocycles. The summed E-state index contributed by atoms with van der Waals surface area (Å²) < 4.78 is 17.1. The molecule has 0 spiro atoms. The van der Waals surface area contributed by atoms with Gasteiger partial charge in [0, 0.05) is 18.6 Å². The van der Waals surface area contributed by atoms with Crippen LogP contribution in [-0.4, -0.2) is 0 Å². The van der Waals surface area contributed by atoms with Gasteiger partial charge in [-0.15, -0.1) is 0 Å². The first kappa shape index (κ1) is 23.5. The maximum Gasteiger partial charge on any atom is 4.00 e. The van der Waals surface area contributed by atoms with Gasteiger partial charge in [-0.2, -0.15) is 15.6 Å². The molecule has 0 fully saturated rings. The Morgan fingerprint density at radius 2 is 0.667 bits per heavy atom. The molecule has 0 aromatic heterocycles. The summed E-state index contributed by atoms with van der Waals surface area (Å²) in [5.41, 5.74) is 0. The molecule has 0 aromatic rings. The first-order valence-electron chi connectivity index (χ1n) is 1.46. The zero-order valence-electron chi connectivity index (χ0n) is 5.11. The van der Waals surface area contributed by atoms with E-state index < -0.39 is 15.6 Å². The number of phosphoric acid groups is 2. The quantitative estimate of drug-likeness (QED) is 0.395. The molecular weight excluding hydrogens is 332 g/mol. The van der Waals surface area contributed by atoms with Crippen LogP contribution in [-0.2, 0) is 53.9 Å². The molecule has 12 heteroatoms. The summed E-state index contributed by atoms with van der Waals surface area (Å²) in [6, 6.07) is 0. The SMILES string of the molecule is O=P([O-])([O-])[O-].O=P([O-])([O-])[O-].[V].[Zr+4]. The Morgan fingerprint density at radius 1 is 0.667 bits per heavy atom. The van der Waals surface area contributed by atoms with E-state index in [4.69, 9.17) is 38.5 Å². The number of hydrogen-bond acceptors (Lipinski definition) is 8. The van der Waals surface area contributed by atoms with Crippen LogP contribution in [0.2, 0.25) is 0 Å². The zero-order valence-corrected chi connectivity index (χ0v) is 10.8. The molecule has 0 amide bonds. The van der Waals surface area contributed by atoms with Crippen molar-refractivity contribution in [3.63, 3.8) is 0 Å². The minimum absolute atomic E-state index is 0. The summed E-state index contributed by atoms with van der Waals surface area (Å²) in [5, 5.41) is 0. The van der Waals surface area contributed by atoms with Crippen LogP contribution in [0.1, 0.15) is 0 Å². The largest absolute Gasteiger partial charge is 4.00 e. The van der Waals surface area contributed by atoms with Crippen LogP contribution >= 0.6 is 15.6 Å². The fourth-order valence-corrected chi connectivity index (χ4v) is 0. The van der Waals surface area contributed by atoms with E-state index in [9.17, 15) is 0 Å². The molecule has 0 saturated carbocycles. The summed E-state index contributed by atoms with van der Waals surface area (Å²) in [5.74, 6) is 0. The van der Waals surface area contributed by atoms with E-state index in [0.29, 0.717) is 0 Å². The van der Waals surface area contributed by atoms with Gasteiger partial charge in [0.05, 0.1) is 0 Å². The van der Waals surface area contributed by atoms with E-state index in [-0.39, 0.29) is 44.8 Å². The molecule has 69 valence electrons. The van der Waals surface area contributed by atoms with Gasteiger partial charge >= 0.3 is 26.2 Å². The van der Waals surface area contributed by atoms with Gasteiger partial charge in [-0.1, -0.05) is 0 Å². The van der Waals surface area contributed by atoms with E-state index in [2.05, 4.69) is 0 Å². The maximum absolute atomic E-state index is 8.55. The Morgan fingerprint density at radius 3 is 0.667 bits per heavy atom. The molecule has 0 aliphatic rings. The standard InChI is InChI=1S/2H3O4P.V.Zr/c2*1-5(2,3)4;;/h2*(H3,1,2,3,4);;/q;;;+4/p-6. The zero-order chi connectivity index (χ0) is 9.00. The fraction of sp³-hybridized carbons (Fsp3) is 0. The molecule has 0 bridgehead atoms. The molecule has 1 radical (unpaired) electrons. The average molecular weight is 332 g/mol. The average Bonchev–Trinajstić information content (AvgIpc) is 1.12. The molecule has 0 aromatic carbocycles. The molecule has 0 N–H and O–H groups in total. The molecule has 12 heavy (non-hydrogen) atoms. The predicted octanol–water partition coefficient (Wildman–Crippen LogP) is -5.65. The van der Waals surface area contributed by atoms with Crippen molar-refractivity contribution >= 4 is 15.6 Å². The van der Waals surface area contributed by atoms with Crippen LogP contribution < -0.4 is 29.4 Å². The first-order chi connectivity index (χ1) is 4.00. The summed E-state index contributed by atoms with van der Waals surface area (Å²) in [6.07, 6.45) is 0. The molecular formula is O8P2VZr-2. The van der Waals surface area contributed by atoms with Gasteiger partial charge in [0.25, 0.3) is 0 Å². The van der Waals surface area contributed by atoms with E-state index in [1.807, 2.05) is 0 Å². The van der Waals surface area contributed by atoms with E-state index in [0.717, 1.165) is 0 Å². The summed E-state index contributed by atoms with van der Waals surface area (Å²) in [6.45, 7) is 0. The van der Waals surface area contributed by atoms with Gasteiger partial charge in [-0.05, 0) is 0 Å². The van der Waals surface area contributed by atoms with Gasteiger partial charge in [0.15, 0.2) is 0 Å². The van der Waals surface area contributed by atoms with Crippen molar-refractivity contribution in [1.29, 1.82) is 0 Å². The predicted molar refractivity (Wildman–Crippen MR) is 15.2 cm³/mol. The number of hydrogen-bond donors (Lipinski definition) is 0. The minimum atomic E-state index is -5.39. The van der Waals surface area contributed by atoms with Crippen molar-refractivity contribution in [1.82, 2.24) is 0 Å². The molecule has 0 heterocycles. The van der Waals surface area contributed by atoms with Gasteiger partial charge < -0.3 is 38.5 Å². The normalized spacial score (nSPS) is 9.83. The van der Waals surface area contributed by atoms with Gasteiger partial charge in [0.1, 0.15) is 0 Å². The van der Waals surface area contributed by atoms with E-state index in [1.165, 1.54) is 0 Å². The van der Waals surface area contributed by atoms with Crippen LogP contribution in [0.4, 0.5) is 0 Å². The summed E-state index contributed by atoms with van der Waals surface area (Å²) in [4.78, 5) is 51.3. The maximum atomic E-state index is 8.55. The van der Waals surface area contributed by atoms with Gasteiger partial charge in [0.2, 0.25) is 0 Å². The molecule has 0 aliphatic carbocycles. The molecule has 0 saturated heterocycles. The summed E-state index contributed by atoms with van der Waals surface area (Å²) in [7, 11) is -10.8. The van der Waals surface area contributed by atoms with Gasteiger partial charge in [-0.3, -0.25) is 0 Å². The Balaban J connectivity index is -0.0000000457. The fourth-order valence-electron chi connectivity index (χ4n) is 0. The van der Waals surface area contributed by atoms with Crippen LogP contribution in [0.5, 0.6) is 0 Å². The monoisotopic (exact) mass is 331 g/mol. The first-order valence-corrected chi connectivity index (χ1v) is 4.38. The van der Waals surface area contributed by atoms with Crippen LogP contribution in [0, 0.1) is 0 Å².